The summed E-state index contributed by atoms with van der Waals surface area (Å²) < 4.78 is 12.5. The molecule has 0 aliphatic rings. The summed E-state index contributed by atoms with van der Waals surface area (Å²) in [6.45, 7) is 5.68. The molecule has 9 nitrogen and oxygen atoms in total. The van der Waals surface area contributed by atoms with Gasteiger partial charge in [0.05, 0.1) is 52.7 Å². The standard InChI is InChI=1S/C22H23ClN4O5/c1-13(12-26-15(3)21(23)14(2)25-26)22(28)24-16-9-17(27(29)30)11-20(10-16)32-19-7-5-18(31-4)6-8-19/h5-11,13H,12H2,1-4H3,(H,24,28). The Bertz CT molecular complexity index is 1140. The number of halogens is 1. The predicted octanol–water partition coefficient (Wildman–Crippen LogP) is 5.14. The molecule has 168 valence electrons. The van der Waals surface area contributed by atoms with Gasteiger partial charge in [-0.25, -0.2) is 0 Å². The Kier molecular flexibility index (Phi) is 6.99. The molecule has 1 amide bonds. The molecular formula is C22H23ClN4O5. The normalized spacial score (nSPS) is 11.7. The summed E-state index contributed by atoms with van der Waals surface area (Å²) in [4.78, 5) is 23.6. The average molecular weight is 459 g/mol. The number of nitrogens with zero attached hydrogens (tertiary/aromatic N) is 3. The van der Waals surface area contributed by atoms with Crippen molar-refractivity contribution in [2.45, 2.75) is 27.3 Å². The van der Waals surface area contributed by atoms with Crippen LogP contribution < -0.4 is 14.8 Å². The third-order valence-electron chi connectivity index (χ3n) is 4.85. The molecule has 1 aromatic heterocycles. The van der Waals surface area contributed by atoms with Crippen molar-refractivity contribution in [2.24, 2.45) is 5.92 Å². The summed E-state index contributed by atoms with van der Waals surface area (Å²) in [7, 11) is 1.55. The zero-order valence-corrected chi connectivity index (χ0v) is 18.8. The van der Waals surface area contributed by atoms with Gasteiger partial charge in [0.2, 0.25) is 5.91 Å². The highest BCUT2D eigenvalue weighted by atomic mass is 35.5. The SMILES string of the molecule is COc1ccc(Oc2cc(NC(=O)C(C)Cn3nc(C)c(Cl)c3C)cc([N+](=O)[O-])c2)cc1. The van der Waals surface area contributed by atoms with Crippen molar-refractivity contribution in [3.8, 4) is 17.2 Å². The van der Waals surface area contributed by atoms with Crippen molar-refractivity contribution in [3.05, 3.63) is 69.0 Å². The van der Waals surface area contributed by atoms with E-state index in [0.717, 1.165) is 5.69 Å². The Morgan fingerprint density at radius 3 is 2.41 bits per heavy atom. The van der Waals surface area contributed by atoms with Gasteiger partial charge >= 0.3 is 0 Å². The molecule has 10 heteroatoms. The van der Waals surface area contributed by atoms with E-state index in [0.29, 0.717) is 28.8 Å². The molecule has 1 unspecified atom stereocenters. The fourth-order valence-electron chi connectivity index (χ4n) is 3.06. The van der Waals surface area contributed by atoms with E-state index in [9.17, 15) is 14.9 Å². The second kappa shape index (κ2) is 9.69. The van der Waals surface area contributed by atoms with Gasteiger partial charge in [-0.05, 0) is 38.1 Å². The number of carbonyl (C=O) groups is 1. The van der Waals surface area contributed by atoms with Crippen molar-refractivity contribution in [3.63, 3.8) is 0 Å². The van der Waals surface area contributed by atoms with Crippen LogP contribution in [0.3, 0.4) is 0 Å². The molecule has 0 saturated heterocycles. The molecule has 3 rings (SSSR count). The smallest absolute Gasteiger partial charge is 0.275 e. The highest BCUT2D eigenvalue weighted by Gasteiger charge is 2.19. The number of ether oxygens (including phenoxy) is 2. The van der Waals surface area contributed by atoms with E-state index < -0.39 is 10.8 Å². The summed E-state index contributed by atoms with van der Waals surface area (Å²) >= 11 is 6.17. The number of nitrogens with one attached hydrogen (secondary N) is 1. The molecule has 32 heavy (non-hydrogen) atoms. The fourth-order valence-corrected chi connectivity index (χ4v) is 3.20. The Morgan fingerprint density at radius 2 is 1.84 bits per heavy atom. The summed E-state index contributed by atoms with van der Waals surface area (Å²) in [6.07, 6.45) is 0. The molecule has 3 aromatic rings. The predicted molar refractivity (Wildman–Crippen MR) is 121 cm³/mol. The maximum atomic E-state index is 12.7. The van der Waals surface area contributed by atoms with Crippen LogP contribution in [0.25, 0.3) is 0 Å². The van der Waals surface area contributed by atoms with Gasteiger partial charge in [-0.2, -0.15) is 5.10 Å². The third-order valence-corrected chi connectivity index (χ3v) is 5.40. The first-order valence-corrected chi connectivity index (χ1v) is 10.2. The minimum atomic E-state index is -0.544. The molecule has 0 radical (unpaired) electrons. The summed E-state index contributed by atoms with van der Waals surface area (Å²) in [5.41, 5.74) is 1.51. The molecule has 1 N–H and O–H groups in total. The zero-order valence-electron chi connectivity index (χ0n) is 18.1. The van der Waals surface area contributed by atoms with Crippen LogP contribution in [-0.2, 0) is 11.3 Å². The monoisotopic (exact) mass is 458 g/mol. The Hall–Kier alpha value is -3.59. The zero-order chi connectivity index (χ0) is 23.4. The number of rotatable bonds is 8. The van der Waals surface area contributed by atoms with Crippen molar-refractivity contribution < 1.29 is 19.2 Å². The van der Waals surface area contributed by atoms with E-state index in [-0.39, 0.29) is 23.0 Å². The highest BCUT2D eigenvalue weighted by Crippen LogP contribution is 2.31. The fraction of sp³-hybridized carbons (Fsp3) is 0.273. The van der Waals surface area contributed by atoms with E-state index >= 15 is 0 Å². The molecule has 0 aliphatic carbocycles. The van der Waals surface area contributed by atoms with Crippen LogP contribution in [0.4, 0.5) is 11.4 Å². The number of hydrogen-bond donors (Lipinski definition) is 1. The van der Waals surface area contributed by atoms with E-state index in [2.05, 4.69) is 10.4 Å². The van der Waals surface area contributed by atoms with E-state index in [1.165, 1.54) is 18.2 Å². The number of hydrogen-bond acceptors (Lipinski definition) is 6. The number of carbonyl (C=O) groups excluding carboxylic acids is 1. The first-order chi connectivity index (χ1) is 15.2. The largest absolute Gasteiger partial charge is 0.497 e. The number of aromatic nitrogens is 2. The highest BCUT2D eigenvalue weighted by molar-refractivity contribution is 6.31. The molecule has 0 saturated carbocycles. The summed E-state index contributed by atoms with van der Waals surface area (Å²) in [5.74, 6) is 0.567. The third kappa shape index (κ3) is 5.36. The Morgan fingerprint density at radius 1 is 1.19 bits per heavy atom. The maximum absolute atomic E-state index is 12.7. The van der Waals surface area contributed by atoms with Gasteiger partial charge in [0.25, 0.3) is 5.69 Å². The van der Waals surface area contributed by atoms with Crippen LogP contribution in [0.5, 0.6) is 17.2 Å². The van der Waals surface area contributed by atoms with Crippen LogP contribution >= 0.6 is 11.6 Å². The van der Waals surface area contributed by atoms with Crippen LogP contribution in [-0.4, -0.2) is 27.7 Å². The van der Waals surface area contributed by atoms with Crippen molar-refractivity contribution >= 4 is 28.9 Å². The lowest BCUT2D eigenvalue weighted by molar-refractivity contribution is -0.384. The maximum Gasteiger partial charge on any atom is 0.275 e. The number of aryl methyl sites for hydroxylation is 1. The van der Waals surface area contributed by atoms with Crippen molar-refractivity contribution in [1.29, 1.82) is 0 Å². The summed E-state index contributed by atoms with van der Waals surface area (Å²) in [6, 6.07) is 10.9. The molecular weight excluding hydrogens is 436 g/mol. The quantitative estimate of drug-likeness (QED) is 0.370. The van der Waals surface area contributed by atoms with Gasteiger partial charge in [0.15, 0.2) is 0 Å². The second-order valence-electron chi connectivity index (χ2n) is 7.31. The second-order valence-corrected chi connectivity index (χ2v) is 7.69. The number of nitro benzene ring substituents is 1. The first kappa shape index (κ1) is 23.1. The first-order valence-electron chi connectivity index (χ1n) is 9.79. The Balaban J connectivity index is 1.77. The van der Waals surface area contributed by atoms with Crippen LogP contribution in [0.15, 0.2) is 42.5 Å². The molecule has 0 bridgehead atoms. The number of amides is 1. The molecule has 1 heterocycles. The van der Waals surface area contributed by atoms with Crippen LogP contribution in [0.2, 0.25) is 5.02 Å². The van der Waals surface area contributed by atoms with Gasteiger partial charge in [0.1, 0.15) is 17.2 Å². The number of benzene rings is 2. The number of methoxy groups -OCH3 is 1. The Labute approximate surface area is 190 Å². The van der Waals surface area contributed by atoms with Crippen molar-refractivity contribution in [1.82, 2.24) is 9.78 Å². The number of non-ortho nitro benzene ring substituents is 1. The molecule has 1 atom stereocenters. The number of anilines is 1. The molecule has 0 spiro atoms. The van der Waals surface area contributed by atoms with Gasteiger partial charge in [-0.3, -0.25) is 19.6 Å². The van der Waals surface area contributed by atoms with Gasteiger partial charge in [-0.1, -0.05) is 18.5 Å². The van der Waals surface area contributed by atoms with Crippen molar-refractivity contribution in [2.75, 3.05) is 12.4 Å². The minimum absolute atomic E-state index is 0.204. The lowest BCUT2D eigenvalue weighted by atomic mass is 10.1. The van der Waals surface area contributed by atoms with Gasteiger partial charge in [0, 0.05) is 12.1 Å². The molecule has 0 aliphatic heterocycles. The number of nitro groups is 1. The molecule has 2 aromatic carbocycles. The van der Waals surface area contributed by atoms with Gasteiger partial charge in [-0.15, -0.1) is 0 Å². The summed E-state index contributed by atoms with van der Waals surface area (Å²) in [5, 5.41) is 19.0. The molecule has 0 fully saturated rings. The minimum Gasteiger partial charge on any atom is -0.497 e. The average Bonchev–Trinajstić information content (AvgIpc) is 3.00. The topological polar surface area (TPSA) is 109 Å². The van der Waals surface area contributed by atoms with Gasteiger partial charge < -0.3 is 14.8 Å². The lowest BCUT2D eigenvalue weighted by Crippen LogP contribution is -2.25. The van der Waals surface area contributed by atoms with Crippen LogP contribution in [0.1, 0.15) is 18.3 Å². The van der Waals surface area contributed by atoms with E-state index in [4.69, 9.17) is 21.1 Å². The van der Waals surface area contributed by atoms with E-state index in [1.54, 1.807) is 49.9 Å². The lowest BCUT2D eigenvalue weighted by Gasteiger charge is -2.14. The van der Waals surface area contributed by atoms with Crippen LogP contribution in [0, 0.1) is 29.9 Å². The van der Waals surface area contributed by atoms with E-state index in [1.807, 2.05) is 6.92 Å².